The SMILES string of the molecule is CC1C=Nc2c(Br)ccc(C(C)(C)C)c2C1=O. The van der Waals surface area contributed by atoms with Crippen molar-refractivity contribution in [2.24, 2.45) is 10.9 Å². The number of benzene rings is 1. The Morgan fingerprint density at radius 1 is 1.29 bits per heavy atom. The van der Waals surface area contributed by atoms with Crippen LogP contribution in [0.15, 0.2) is 21.6 Å². The van der Waals surface area contributed by atoms with Gasteiger partial charge in [0.15, 0.2) is 5.78 Å². The monoisotopic (exact) mass is 293 g/mol. The number of hydrogen-bond donors (Lipinski definition) is 0. The molecule has 2 rings (SSSR count). The summed E-state index contributed by atoms with van der Waals surface area (Å²) >= 11 is 3.46. The second-order valence-electron chi connectivity index (χ2n) is 5.50. The fourth-order valence-electron chi connectivity index (χ4n) is 2.05. The van der Waals surface area contributed by atoms with E-state index in [0.29, 0.717) is 0 Å². The maximum atomic E-state index is 12.3. The highest BCUT2D eigenvalue weighted by Gasteiger charge is 2.30. The molecule has 1 aliphatic rings. The predicted octanol–water partition coefficient (Wildman–Crippen LogP) is 4.28. The molecule has 1 unspecified atom stereocenters. The molecule has 0 saturated carbocycles. The van der Waals surface area contributed by atoms with Crippen molar-refractivity contribution < 1.29 is 4.79 Å². The maximum Gasteiger partial charge on any atom is 0.173 e. The topological polar surface area (TPSA) is 29.4 Å². The molecule has 3 heteroatoms. The normalized spacial score (nSPS) is 19.4. The summed E-state index contributed by atoms with van der Waals surface area (Å²) in [5, 5.41) is 0. The summed E-state index contributed by atoms with van der Waals surface area (Å²) in [6.07, 6.45) is 1.72. The molecule has 1 aliphatic heterocycles. The Balaban J connectivity index is 2.76. The molecule has 0 fully saturated rings. The zero-order valence-electron chi connectivity index (χ0n) is 10.5. The van der Waals surface area contributed by atoms with Gasteiger partial charge in [-0.3, -0.25) is 9.79 Å². The first-order valence-electron chi connectivity index (χ1n) is 5.73. The first-order chi connectivity index (χ1) is 7.82. The van der Waals surface area contributed by atoms with Crippen molar-refractivity contribution in [3.05, 3.63) is 27.7 Å². The second-order valence-corrected chi connectivity index (χ2v) is 6.35. The fraction of sp³-hybridized carbons (Fsp3) is 0.429. The van der Waals surface area contributed by atoms with Gasteiger partial charge in [0.25, 0.3) is 0 Å². The number of rotatable bonds is 0. The number of hydrogen-bond acceptors (Lipinski definition) is 2. The Morgan fingerprint density at radius 3 is 2.53 bits per heavy atom. The van der Waals surface area contributed by atoms with Crippen LogP contribution in [-0.4, -0.2) is 12.0 Å². The average Bonchev–Trinajstić information content (AvgIpc) is 2.22. The molecular formula is C14H16BrNO. The van der Waals surface area contributed by atoms with Gasteiger partial charge in [0.1, 0.15) is 0 Å². The number of nitrogens with zero attached hydrogens (tertiary/aromatic N) is 1. The third-order valence-corrected chi connectivity index (χ3v) is 3.66. The third kappa shape index (κ3) is 2.08. The predicted molar refractivity (Wildman–Crippen MR) is 74.5 cm³/mol. The van der Waals surface area contributed by atoms with Crippen LogP contribution in [0, 0.1) is 5.92 Å². The van der Waals surface area contributed by atoms with Crippen molar-refractivity contribution in [3.63, 3.8) is 0 Å². The number of carbonyl (C=O) groups is 1. The molecule has 90 valence electrons. The number of carbonyl (C=O) groups excluding carboxylic acids is 1. The molecule has 0 amide bonds. The Labute approximate surface area is 110 Å². The standard InChI is InChI=1S/C14H16BrNO/c1-8-7-16-12-10(15)6-5-9(14(2,3)4)11(12)13(8)17/h5-8H,1-4H3. The first-order valence-corrected chi connectivity index (χ1v) is 6.53. The Kier molecular flexibility index (Phi) is 2.98. The molecule has 1 aromatic rings. The number of Topliss-reactive ketones (excluding diaryl/α,β-unsaturated/α-hetero) is 1. The molecule has 1 heterocycles. The summed E-state index contributed by atoms with van der Waals surface area (Å²) in [6, 6.07) is 3.99. The molecule has 2 nitrogen and oxygen atoms in total. The highest BCUT2D eigenvalue weighted by molar-refractivity contribution is 9.10. The van der Waals surface area contributed by atoms with Crippen molar-refractivity contribution >= 4 is 33.6 Å². The number of halogens is 1. The van der Waals surface area contributed by atoms with Crippen molar-refractivity contribution in [2.75, 3.05) is 0 Å². The van der Waals surface area contributed by atoms with Gasteiger partial charge in [0.2, 0.25) is 0 Å². The lowest BCUT2D eigenvalue weighted by Gasteiger charge is -2.26. The zero-order chi connectivity index (χ0) is 12.8. The van der Waals surface area contributed by atoms with Gasteiger partial charge in [-0.05, 0) is 33.0 Å². The molecule has 0 saturated heterocycles. The van der Waals surface area contributed by atoms with E-state index in [1.54, 1.807) is 6.21 Å². The summed E-state index contributed by atoms with van der Waals surface area (Å²) < 4.78 is 0.886. The summed E-state index contributed by atoms with van der Waals surface area (Å²) in [4.78, 5) is 16.7. The van der Waals surface area contributed by atoms with E-state index in [2.05, 4.69) is 41.7 Å². The minimum absolute atomic E-state index is 0.0486. The lowest BCUT2D eigenvalue weighted by molar-refractivity contribution is 0.0960. The van der Waals surface area contributed by atoms with Crippen molar-refractivity contribution in [1.29, 1.82) is 0 Å². The van der Waals surface area contributed by atoms with Gasteiger partial charge in [-0.1, -0.05) is 33.8 Å². The molecule has 0 spiro atoms. The van der Waals surface area contributed by atoms with E-state index in [9.17, 15) is 4.79 Å². The van der Waals surface area contributed by atoms with Crippen molar-refractivity contribution in [1.82, 2.24) is 0 Å². The molecule has 0 bridgehead atoms. The summed E-state index contributed by atoms with van der Waals surface area (Å²) in [7, 11) is 0. The third-order valence-electron chi connectivity index (χ3n) is 3.02. The molecule has 0 aromatic heterocycles. The van der Waals surface area contributed by atoms with Gasteiger partial charge in [-0.25, -0.2) is 0 Å². The van der Waals surface area contributed by atoms with E-state index in [1.807, 2.05) is 19.1 Å². The van der Waals surface area contributed by atoms with Gasteiger partial charge in [0, 0.05) is 16.3 Å². The Bertz CT molecular complexity index is 512. The highest BCUT2D eigenvalue weighted by Crippen LogP contribution is 2.40. The van der Waals surface area contributed by atoms with Gasteiger partial charge in [-0.15, -0.1) is 0 Å². The summed E-state index contributed by atoms with van der Waals surface area (Å²) in [5.74, 6) is 0.0409. The van der Waals surface area contributed by atoms with Crippen LogP contribution >= 0.6 is 15.9 Å². The van der Waals surface area contributed by atoms with E-state index in [0.717, 1.165) is 21.3 Å². The zero-order valence-corrected chi connectivity index (χ0v) is 12.1. The van der Waals surface area contributed by atoms with Crippen LogP contribution in [0.4, 0.5) is 5.69 Å². The average molecular weight is 294 g/mol. The molecule has 0 radical (unpaired) electrons. The van der Waals surface area contributed by atoms with E-state index >= 15 is 0 Å². The minimum atomic E-state index is -0.127. The lowest BCUT2D eigenvalue weighted by Crippen LogP contribution is -2.23. The van der Waals surface area contributed by atoms with E-state index in [1.165, 1.54) is 0 Å². The van der Waals surface area contributed by atoms with Crippen LogP contribution in [0.25, 0.3) is 0 Å². The van der Waals surface area contributed by atoms with Crippen LogP contribution < -0.4 is 0 Å². The second kappa shape index (κ2) is 4.05. The van der Waals surface area contributed by atoms with Crippen LogP contribution in [-0.2, 0) is 5.41 Å². The molecule has 0 N–H and O–H groups in total. The van der Waals surface area contributed by atoms with Gasteiger partial charge < -0.3 is 0 Å². The molecule has 1 aromatic carbocycles. The largest absolute Gasteiger partial charge is 0.293 e. The van der Waals surface area contributed by atoms with E-state index in [4.69, 9.17) is 0 Å². The highest BCUT2D eigenvalue weighted by atomic mass is 79.9. The number of fused-ring (bicyclic) bond motifs is 1. The van der Waals surface area contributed by atoms with Crippen LogP contribution in [0.2, 0.25) is 0 Å². The van der Waals surface area contributed by atoms with Crippen LogP contribution in [0.5, 0.6) is 0 Å². The van der Waals surface area contributed by atoms with Gasteiger partial charge in [-0.2, -0.15) is 0 Å². The Morgan fingerprint density at radius 2 is 1.94 bits per heavy atom. The lowest BCUT2D eigenvalue weighted by atomic mass is 9.79. The van der Waals surface area contributed by atoms with Crippen molar-refractivity contribution in [3.8, 4) is 0 Å². The summed E-state index contributed by atoms with van der Waals surface area (Å²) in [6.45, 7) is 8.24. The van der Waals surface area contributed by atoms with Crippen LogP contribution in [0.3, 0.4) is 0 Å². The first kappa shape index (κ1) is 12.5. The number of aliphatic imine (C=N–C) groups is 1. The van der Waals surface area contributed by atoms with Gasteiger partial charge in [0.05, 0.1) is 11.6 Å². The summed E-state index contributed by atoms with van der Waals surface area (Å²) in [5.41, 5.74) is 2.58. The molecule has 17 heavy (non-hydrogen) atoms. The minimum Gasteiger partial charge on any atom is -0.293 e. The van der Waals surface area contributed by atoms with Crippen molar-refractivity contribution in [2.45, 2.75) is 33.1 Å². The Hall–Kier alpha value is -0.960. The smallest absolute Gasteiger partial charge is 0.173 e. The molecular weight excluding hydrogens is 278 g/mol. The molecule has 0 aliphatic carbocycles. The van der Waals surface area contributed by atoms with Crippen LogP contribution in [0.1, 0.15) is 43.6 Å². The van der Waals surface area contributed by atoms with E-state index < -0.39 is 0 Å². The number of ketones is 1. The fourth-order valence-corrected chi connectivity index (χ4v) is 2.48. The molecule has 1 atom stereocenters. The maximum absolute atomic E-state index is 12.3. The van der Waals surface area contributed by atoms with E-state index in [-0.39, 0.29) is 17.1 Å². The van der Waals surface area contributed by atoms with Gasteiger partial charge >= 0.3 is 0 Å². The quantitative estimate of drug-likeness (QED) is 0.702.